The van der Waals surface area contributed by atoms with E-state index >= 15 is 0 Å². The van der Waals surface area contributed by atoms with E-state index in [4.69, 9.17) is 0 Å². The first-order valence-electron chi connectivity index (χ1n) is 6.27. The average Bonchev–Trinajstić information content (AvgIpc) is 2.69. The number of hydrogen-bond acceptors (Lipinski definition) is 2. The van der Waals surface area contributed by atoms with Gasteiger partial charge in [0.05, 0.1) is 0 Å². The molecule has 0 bridgehead atoms. The van der Waals surface area contributed by atoms with Crippen LogP contribution in [0.25, 0.3) is 0 Å². The standard InChI is InChI=1S/C12H22N2O/c1-10-4-7-14(12(15)9-10)8-5-11-3-2-6-13-11/h10-11,13H,2-9H2,1H3. The van der Waals surface area contributed by atoms with Gasteiger partial charge in [0.2, 0.25) is 5.91 Å². The number of nitrogens with zero attached hydrogens (tertiary/aromatic N) is 1. The first kappa shape index (κ1) is 10.9. The minimum Gasteiger partial charge on any atom is -0.343 e. The van der Waals surface area contributed by atoms with E-state index in [0.29, 0.717) is 17.9 Å². The molecule has 86 valence electrons. The number of amides is 1. The third kappa shape index (κ3) is 2.94. The van der Waals surface area contributed by atoms with E-state index in [-0.39, 0.29) is 0 Å². The SMILES string of the molecule is CC1CCN(CCC2CCCN2)C(=O)C1. The van der Waals surface area contributed by atoms with E-state index in [1.54, 1.807) is 0 Å². The molecule has 0 aromatic heterocycles. The lowest BCUT2D eigenvalue weighted by Gasteiger charge is -2.30. The predicted molar refractivity (Wildman–Crippen MR) is 60.6 cm³/mol. The minimum absolute atomic E-state index is 0.367. The van der Waals surface area contributed by atoms with Gasteiger partial charge < -0.3 is 10.2 Å². The fraction of sp³-hybridized carbons (Fsp3) is 0.917. The molecule has 3 heteroatoms. The Labute approximate surface area is 92.2 Å². The van der Waals surface area contributed by atoms with Crippen LogP contribution in [0.4, 0.5) is 0 Å². The molecule has 3 nitrogen and oxygen atoms in total. The van der Waals surface area contributed by atoms with Crippen LogP contribution in [-0.2, 0) is 4.79 Å². The van der Waals surface area contributed by atoms with Crippen LogP contribution in [0.2, 0.25) is 0 Å². The zero-order valence-corrected chi connectivity index (χ0v) is 9.67. The summed E-state index contributed by atoms with van der Waals surface area (Å²) in [6.45, 7) is 5.28. The lowest BCUT2D eigenvalue weighted by molar-refractivity contribution is -0.134. The molecule has 0 spiro atoms. The molecule has 0 saturated carbocycles. The largest absolute Gasteiger partial charge is 0.343 e. The second-order valence-electron chi connectivity index (χ2n) is 5.06. The lowest BCUT2D eigenvalue weighted by atomic mass is 9.98. The Kier molecular flexibility index (Phi) is 3.62. The van der Waals surface area contributed by atoms with Crippen LogP contribution >= 0.6 is 0 Å². The average molecular weight is 210 g/mol. The Morgan fingerprint density at radius 2 is 2.33 bits per heavy atom. The van der Waals surface area contributed by atoms with Crippen molar-refractivity contribution in [3.05, 3.63) is 0 Å². The normalized spacial score (nSPS) is 32.3. The van der Waals surface area contributed by atoms with Crippen molar-refractivity contribution in [3.63, 3.8) is 0 Å². The third-order valence-electron chi connectivity index (χ3n) is 3.68. The molecule has 0 aromatic carbocycles. The van der Waals surface area contributed by atoms with E-state index in [2.05, 4.69) is 17.1 Å². The highest BCUT2D eigenvalue weighted by atomic mass is 16.2. The van der Waals surface area contributed by atoms with Gasteiger partial charge >= 0.3 is 0 Å². The van der Waals surface area contributed by atoms with E-state index in [1.165, 1.54) is 19.3 Å². The molecule has 1 N–H and O–H groups in total. The van der Waals surface area contributed by atoms with Crippen LogP contribution in [0.3, 0.4) is 0 Å². The summed E-state index contributed by atoms with van der Waals surface area (Å²) in [6, 6.07) is 0.664. The molecule has 15 heavy (non-hydrogen) atoms. The highest BCUT2D eigenvalue weighted by Gasteiger charge is 2.23. The smallest absolute Gasteiger partial charge is 0.222 e. The monoisotopic (exact) mass is 210 g/mol. The highest BCUT2D eigenvalue weighted by Crippen LogP contribution is 2.18. The van der Waals surface area contributed by atoms with Crippen LogP contribution in [0, 0.1) is 5.92 Å². The van der Waals surface area contributed by atoms with Gasteiger partial charge in [-0.1, -0.05) is 6.92 Å². The summed E-state index contributed by atoms with van der Waals surface area (Å²) in [6.07, 6.45) is 5.68. The number of piperidine rings is 1. The van der Waals surface area contributed by atoms with Crippen LogP contribution in [0.15, 0.2) is 0 Å². The molecule has 2 fully saturated rings. The van der Waals surface area contributed by atoms with Crippen molar-refractivity contribution in [1.29, 1.82) is 0 Å². The summed E-state index contributed by atoms with van der Waals surface area (Å²) in [5.41, 5.74) is 0. The fourth-order valence-corrected chi connectivity index (χ4v) is 2.58. The zero-order valence-electron chi connectivity index (χ0n) is 9.67. The minimum atomic E-state index is 0.367. The highest BCUT2D eigenvalue weighted by molar-refractivity contribution is 5.77. The molecule has 1 amide bonds. The third-order valence-corrected chi connectivity index (χ3v) is 3.68. The van der Waals surface area contributed by atoms with Gasteiger partial charge in [-0.15, -0.1) is 0 Å². The topological polar surface area (TPSA) is 32.3 Å². The van der Waals surface area contributed by atoms with Crippen molar-refractivity contribution in [3.8, 4) is 0 Å². The first-order chi connectivity index (χ1) is 7.25. The number of nitrogens with one attached hydrogen (secondary N) is 1. The van der Waals surface area contributed by atoms with Crippen molar-refractivity contribution < 1.29 is 4.79 Å². The number of carbonyl (C=O) groups excluding carboxylic acids is 1. The molecule has 2 heterocycles. The van der Waals surface area contributed by atoms with Crippen molar-refractivity contribution in [2.24, 2.45) is 5.92 Å². The van der Waals surface area contributed by atoms with E-state index in [9.17, 15) is 4.79 Å². The quantitative estimate of drug-likeness (QED) is 0.763. The Bertz CT molecular complexity index is 224. The van der Waals surface area contributed by atoms with Gasteiger partial charge in [-0.25, -0.2) is 0 Å². The number of rotatable bonds is 3. The van der Waals surface area contributed by atoms with Gasteiger partial charge in [-0.3, -0.25) is 4.79 Å². The lowest BCUT2D eigenvalue weighted by Crippen LogP contribution is -2.40. The molecule has 0 aromatic rings. The Balaban J connectivity index is 1.71. The number of likely N-dealkylation sites (tertiary alicyclic amines) is 1. The van der Waals surface area contributed by atoms with E-state index in [1.807, 2.05) is 0 Å². The molecule has 2 saturated heterocycles. The van der Waals surface area contributed by atoms with Crippen molar-refractivity contribution >= 4 is 5.91 Å². The maximum absolute atomic E-state index is 11.7. The summed E-state index contributed by atoms with van der Waals surface area (Å²) in [7, 11) is 0. The molecule has 2 unspecified atom stereocenters. The van der Waals surface area contributed by atoms with Crippen LogP contribution in [0.1, 0.15) is 39.0 Å². The Hall–Kier alpha value is -0.570. The zero-order chi connectivity index (χ0) is 10.7. The second kappa shape index (κ2) is 4.97. The van der Waals surface area contributed by atoms with Crippen molar-refractivity contribution in [1.82, 2.24) is 10.2 Å². The summed E-state index contributed by atoms with van der Waals surface area (Å²) in [4.78, 5) is 13.8. The second-order valence-corrected chi connectivity index (χ2v) is 5.06. The number of carbonyl (C=O) groups is 1. The van der Waals surface area contributed by atoms with Gasteiger partial charge in [0.25, 0.3) is 0 Å². The predicted octanol–water partition coefficient (Wildman–Crippen LogP) is 1.39. The van der Waals surface area contributed by atoms with Crippen LogP contribution < -0.4 is 5.32 Å². The fourth-order valence-electron chi connectivity index (χ4n) is 2.58. The molecule has 2 atom stereocenters. The van der Waals surface area contributed by atoms with E-state index < -0.39 is 0 Å². The van der Waals surface area contributed by atoms with Gasteiger partial charge in [0.1, 0.15) is 0 Å². The maximum atomic E-state index is 11.7. The van der Waals surface area contributed by atoms with Gasteiger partial charge in [0, 0.05) is 25.6 Å². The van der Waals surface area contributed by atoms with Crippen molar-refractivity contribution in [2.45, 2.75) is 45.1 Å². The van der Waals surface area contributed by atoms with E-state index in [0.717, 1.165) is 32.5 Å². The Morgan fingerprint density at radius 1 is 1.47 bits per heavy atom. The van der Waals surface area contributed by atoms with Crippen LogP contribution in [0.5, 0.6) is 0 Å². The molecular formula is C12H22N2O. The molecule has 2 aliphatic heterocycles. The van der Waals surface area contributed by atoms with Crippen molar-refractivity contribution in [2.75, 3.05) is 19.6 Å². The molecule has 0 aliphatic carbocycles. The molecule has 0 radical (unpaired) electrons. The summed E-state index contributed by atoms with van der Waals surface area (Å²) in [5.74, 6) is 0.963. The van der Waals surface area contributed by atoms with Gasteiger partial charge in [-0.2, -0.15) is 0 Å². The van der Waals surface area contributed by atoms with Crippen LogP contribution in [-0.4, -0.2) is 36.5 Å². The Morgan fingerprint density at radius 3 is 3.00 bits per heavy atom. The summed E-state index contributed by atoms with van der Waals surface area (Å²) >= 11 is 0. The maximum Gasteiger partial charge on any atom is 0.222 e. The summed E-state index contributed by atoms with van der Waals surface area (Å²) < 4.78 is 0. The molecule has 2 aliphatic rings. The van der Waals surface area contributed by atoms with Gasteiger partial charge in [0.15, 0.2) is 0 Å². The summed E-state index contributed by atoms with van der Waals surface area (Å²) in [5, 5.41) is 3.48. The number of hydrogen-bond donors (Lipinski definition) is 1. The molecule has 2 rings (SSSR count). The van der Waals surface area contributed by atoms with Gasteiger partial charge in [-0.05, 0) is 38.1 Å². The molecular weight excluding hydrogens is 188 g/mol. The first-order valence-corrected chi connectivity index (χ1v) is 6.27.